The predicted octanol–water partition coefficient (Wildman–Crippen LogP) is 5.60. The maximum atomic E-state index is 13.8. The third-order valence-electron chi connectivity index (χ3n) is 5.32. The second-order valence-electron chi connectivity index (χ2n) is 6.67. The van der Waals surface area contributed by atoms with Crippen molar-refractivity contribution in [2.24, 2.45) is 11.8 Å². The number of allylic oxidation sites excluding steroid dienone is 2. The summed E-state index contributed by atoms with van der Waals surface area (Å²) in [5.74, 6) is 0.216. The summed E-state index contributed by atoms with van der Waals surface area (Å²) in [6, 6.07) is 3.04. The largest absolute Gasteiger partial charge is 0.204 e. The molecule has 0 N–H and O–H groups in total. The molecule has 114 valence electrons. The SMILES string of the molecule is CCCC1CCC(C2=CCc3c(ccc(F)c3F)C2)CC1. The Bertz CT molecular complexity index is 537. The fourth-order valence-corrected chi connectivity index (χ4v) is 4.09. The summed E-state index contributed by atoms with van der Waals surface area (Å²) in [6.07, 6.45) is 11.4. The highest BCUT2D eigenvalue weighted by Gasteiger charge is 2.26. The van der Waals surface area contributed by atoms with Gasteiger partial charge in [-0.05, 0) is 67.6 Å². The second kappa shape index (κ2) is 6.29. The van der Waals surface area contributed by atoms with Crippen LogP contribution in [-0.4, -0.2) is 0 Å². The maximum Gasteiger partial charge on any atom is 0.162 e. The Morgan fingerprint density at radius 3 is 2.57 bits per heavy atom. The summed E-state index contributed by atoms with van der Waals surface area (Å²) in [5, 5.41) is 0. The van der Waals surface area contributed by atoms with Crippen molar-refractivity contribution in [2.45, 2.75) is 58.3 Å². The molecule has 21 heavy (non-hydrogen) atoms. The molecule has 1 aromatic rings. The molecule has 0 bridgehead atoms. The van der Waals surface area contributed by atoms with Crippen molar-refractivity contribution >= 4 is 0 Å². The van der Waals surface area contributed by atoms with E-state index in [4.69, 9.17) is 0 Å². The van der Waals surface area contributed by atoms with Crippen molar-refractivity contribution in [3.63, 3.8) is 0 Å². The number of rotatable bonds is 3. The van der Waals surface area contributed by atoms with Crippen molar-refractivity contribution in [2.75, 3.05) is 0 Å². The molecular weight excluding hydrogens is 266 g/mol. The average molecular weight is 290 g/mol. The van der Waals surface area contributed by atoms with Gasteiger partial charge in [0.05, 0.1) is 0 Å². The smallest absolute Gasteiger partial charge is 0.162 e. The number of halogens is 2. The van der Waals surface area contributed by atoms with E-state index in [2.05, 4.69) is 13.0 Å². The molecule has 2 heteroatoms. The van der Waals surface area contributed by atoms with Gasteiger partial charge in [0.1, 0.15) is 0 Å². The summed E-state index contributed by atoms with van der Waals surface area (Å²) in [4.78, 5) is 0. The van der Waals surface area contributed by atoms with Crippen molar-refractivity contribution in [3.8, 4) is 0 Å². The molecule has 0 heterocycles. The van der Waals surface area contributed by atoms with E-state index < -0.39 is 11.6 Å². The first-order valence-corrected chi connectivity index (χ1v) is 8.33. The predicted molar refractivity (Wildman–Crippen MR) is 82.2 cm³/mol. The Kier molecular flexibility index (Phi) is 4.42. The van der Waals surface area contributed by atoms with Crippen LogP contribution in [0.15, 0.2) is 23.8 Å². The number of hydrogen-bond donors (Lipinski definition) is 0. The molecule has 0 radical (unpaired) electrons. The van der Waals surface area contributed by atoms with Gasteiger partial charge >= 0.3 is 0 Å². The Balaban J connectivity index is 1.67. The molecule has 0 saturated heterocycles. The van der Waals surface area contributed by atoms with Gasteiger partial charge in [0.15, 0.2) is 11.6 Å². The molecule has 2 aliphatic carbocycles. The normalized spacial score (nSPS) is 25.4. The Hall–Kier alpha value is -1.18. The summed E-state index contributed by atoms with van der Waals surface area (Å²) >= 11 is 0. The van der Waals surface area contributed by atoms with Crippen molar-refractivity contribution in [1.29, 1.82) is 0 Å². The van der Waals surface area contributed by atoms with Crippen LogP contribution in [0.4, 0.5) is 8.78 Å². The first kappa shape index (κ1) is 14.7. The Morgan fingerprint density at radius 1 is 1.10 bits per heavy atom. The van der Waals surface area contributed by atoms with Gasteiger partial charge in [-0.25, -0.2) is 8.78 Å². The zero-order valence-corrected chi connectivity index (χ0v) is 12.8. The van der Waals surface area contributed by atoms with Gasteiger partial charge in [0.25, 0.3) is 0 Å². The molecule has 1 aromatic carbocycles. The summed E-state index contributed by atoms with van der Waals surface area (Å²) in [7, 11) is 0. The molecule has 1 saturated carbocycles. The fourth-order valence-electron chi connectivity index (χ4n) is 4.09. The highest BCUT2D eigenvalue weighted by molar-refractivity contribution is 5.39. The van der Waals surface area contributed by atoms with Crippen molar-refractivity contribution in [3.05, 3.63) is 46.5 Å². The zero-order valence-electron chi connectivity index (χ0n) is 12.8. The average Bonchev–Trinajstić information content (AvgIpc) is 2.52. The summed E-state index contributed by atoms with van der Waals surface area (Å²) in [6.45, 7) is 2.26. The number of benzene rings is 1. The van der Waals surface area contributed by atoms with Crippen LogP contribution in [0, 0.1) is 23.5 Å². The molecule has 0 aliphatic heterocycles. The first-order valence-electron chi connectivity index (χ1n) is 8.33. The standard InChI is InChI=1S/C19H24F2/c1-2-3-13-4-6-14(7-5-13)15-8-10-17-16(12-15)9-11-18(20)19(17)21/h8-9,11,13-14H,2-7,10,12H2,1H3. The highest BCUT2D eigenvalue weighted by Crippen LogP contribution is 2.38. The molecule has 0 atom stereocenters. The van der Waals surface area contributed by atoms with Crippen LogP contribution in [0.25, 0.3) is 0 Å². The molecular formula is C19H24F2. The minimum Gasteiger partial charge on any atom is -0.204 e. The van der Waals surface area contributed by atoms with Crippen molar-refractivity contribution in [1.82, 2.24) is 0 Å². The van der Waals surface area contributed by atoms with Crippen LogP contribution in [0.1, 0.15) is 56.6 Å². The van der Waals surface area contributed by atoms with E-state index in [0.717, 1.165) is 17.9 Å². The van der Waals surface area contributed by atoms with Gasteiger partial charge in [0.2, 0.25) is 0 Å². The van der Waals surface area contributed by atoms with E-state index in [1.807, 2.05) is 0 Å². The van der Waals surface area contributed by atoms with E-state index in [1.54, 1.807) is 6.07 Å². The van der Waals surface area contributed by atoms with Gasteiger partial charge < -0.3 is 0 Å². The molecule has 0 aromatic heterocycles. The third-order valence-corrected chi connectivity index (χ3v) is 5.32. The van der Waals surface area contributed by atoms with Crippen LogP contribution in [0.5, 0.6) is 0 Å². The summed E-state index contributed by atoms with van der Waals surface area (Å²) in [5.41, 5.74) is 3.02. The van der Waals surface area contributed by atoms with Crippen LogP contribution < -0.4 is 0 Å². The second-order valence-corrected chi connectivity index (χ2v) is 6.67. The lowest BCUT2D eigenvalue weighted by atomic mass is 9.74. The number of hydrogen-bond acceptors (Lipinski definition) is 0. The van der Waals surface area contributed by atoms with Crippen LogP contribution in [0.2, 0.25) is 0 Å². The van der Waals surface area contributed by atoms with E-state index in [1.165, 1.54) is 50.2 Å². The van der Waals surface area contributed by atoms with E-state index in [0.29, 0.717) is 17.9 Å². The van der Waals surface area contributed by atoms with Gasteiger partial charge in [0, 0.05) is 0 Å². The topological polar surface area (TPSA) is 0 Å². The summed E-state index contributed by atoms with van der Waals surface area (Å²) < 4.78 is 27.1. The Morgan fingerprint density at radius 2 is 1.86 bits per heavy atom. The van der Waals surface area contributed by atoms with E-state index in [-0.39, 0.29) is 0 Å². The van der Waals surface area contributed by atoms with E-state index >= 15 is 0 Å². The van der Waals surface area contributed by atoms with Crippen LogP contribution in [0.3, 0.4) is 0 Å². The lowest BCUT2D eigenvalue weighted by Gasteiger charge is -2.32. The molecule has 2 aliphatic rings. The highest BCUT2D eigenvalue weighted by atomic mass is 19.2. The first-order chi connectivity index (χ1) is 10.2. The molecule has 0 spiro atoms. The molecule has 0 nitrogen and oxygen atoms in total. The lowest BCUT2D eigenvalue weighted by Crippen LogP contribution is -2.19. The Labute approximate surface area is 126 Å². The van der Waals surface area contributed by atoms with Gasteiger partial charge in [-0.2, -0.15) is 0 Å². The van der Waals surface area contributed by atoms with Crippen LogP contribution in [-0.2, 0) is 12.8 Å². The molecule has 1 fully saturated rings. The van der Waals surface area contributed by atoms with E-state index in [9.17, 15) is 8.78 Å². The fraction of sp³-hybridized carbons (Fsp3) is 0.579. The van der Waals surface area contributed by atoms with Crippen LogP contribution >= 0.6 is 0 Å². The van der Waals surface area contributed by atoms with Gasteiger partial charge in [-0.1, -0.05) is 37.5 Å². The minimum atomic E-state index is -0.717. The zero-order chi connectivity index (χ0) is 14.8. The number of fused-ring (bicyclic) bond motifs is 1. The van der Waals surface area contributed by atoms with Gasteiger partial charge in [-0.15, -0.1) is 0 Å². The maximum absolute atomic E-state index is 13.8. The minimum absolute atomic E-state index is 0.559. The molecule has 3 rings (SSSR count). The third kappa shape index (κ3) is 3.04. The van der Waals surface area contributed by atoms with Crippen molar-refractivity contribution < 1.29 is 8.78 Å². The van der Waals surface area contributed by atoms with Gasteiger partial charge in [-0.3, -0.25) is 0 Å². The molecule has 0 amide bonds. The monoisotopic (exact) mass is 290 g/mol. The lowest BCUT2D eigenvalue weighted by molar-refractivity contribution is 0.283. The molecule has 0 unspecified atom stereocenters. The quantitative estimate of drug-likeness (QED) is 0.636.